The molecule has 6 rings (SSSR count). The molecule has 200 valence electrons. The van der Waals surface area contributed by atoms with Gasteiger partial charge in [0.2, 0.25) is 5.91 Å². The number of benzene rings is 1. The van der Waals surface area contributed by atoms with Crippen LogP contribution in [0.2, 0.25) is 0 Å². The van der Waals surface area contributed by atoms with E-state index in [0.717, 1.165) is 57.7 Å². The van der Waals surface area contributed by atoms with Crippen molar-refractivity contribution in [3.8, 4) is 0 Å². The molecule has 0 aromatic heterocycles. The molecule has 4 atom stereocenters. The normalized spacial score (nSPS) is 30.4. The van der Waals surface area contributed by atoms with Gasteiger partial charge in [-0.05, 0) is 81.1 Å². The van der Waals surface area contributed by atoms with Gasteiger partial charge in [-0.3, -0.25) is 14.4 Å². The largest absolute Gasteiger partial charge is 0.365 e. The minimum Gasteiger partial charge on any atom is -0.365 e. The summed E-state index contributed by atoms with van der Waals surface area (Å²) in [6.07, 6.45) is 7.75. The summed E-state index contributed by atoms with van der Waals surface area (Å²) >= 11 is 0. The van der Waals surface area contributed by atoms with Crippen molar-refractivity contribution in [1.29, 1.82) is 0 Å². The minimum absolute atomic E-state index is 0.00823. The van der Waals surface area contributed by atoms with Gasteiger partial charge in [0.05, 0.1) is 6.54 Å². The maximum Gasteiger partial charge on any atom is 0.251 e. The van der Waals surface area contributed by atoms with E-state index in [1.54, 1.807) is 0 Å². The smallest absolute Gasteiger partial charge is 0.251 e. The summed E-state index contributed by atoms with van der Waals surface area (Å²) in [5, 5.41) is 2.98. The lowest BCUT2D eigenvalue weighted by molar-refractivity contribution is -0.139. The van der Waals surface area contributed by atoms with Crippen molar-refractivity contribution < 1.29 is 23.5 Å². The van der Waals surface area contributed by atoms with Crippen LogP contribution in [0.5, 0.6) is 0 Å². The molecule has 5 aliphatic rings. The molecule has 2 aliphatic carbocycles. The first-order valence-corrected chi connectivity index (χ1v) is 14.2. The van der Waals surface area contributed by atoms with E-state index >= 15 is 0 Å². The van der Waals surface area contributed by atoms with Crippen molar-refractivity contribution in [1.82, 2.24) is 15.1 Å². The zero-order valence-electron chi connectivity index (χ0n) is 21.4. The van der Waals surface area contributed by atoms with Crippen LogP contribution in [0.15, 0.2) is 24.3 Å². The second-order valence-corrected chi connectivity index (χ2v) is 11.7. The van der Waals surface area contributed by atoms with Crippen LogP contribution in [0.1, 0.15) is 79.6 Å². The Morgan fingerprint density at radius 2 is 1.68 bits per heavy atom. The second-order valence-electron chi connectivity index (χ2n) is 11.7. The first-order valence-electron chi connectivity index (χ1n) is 14.2. The maximum atomic E-state index is 14.5. The Morgan fingerprint density at radius 3 is 2.32 bits per heavy atom. The summed E-state index contributed by atoms with van der Waals surface area (Å²) in [7, 11) is 0. The monoisotopic (exact) mass is 511 g/mol. The molecule has 0 spiro atoms. The Hall–Kier alpha value is -2.32. The van der Waals surface area contributed by atoms with Crippen molar-refractivity contribution in [3.05, 3.63) is 35.4 Å². The summed E-state index contributed by atoms with van der Waals surface area (Å²) in [6, 6.07) is 6.98. The van der Waals surface area contributed by atoms with Gasteiger partial charge < -0.3 is 19.9 Å². The van der Waals surface area contributed by atoms with Crippen LogP contribution >= 0.6 is 0 Å². The van der Waals surface area contributed by atoms with Crippen molar-refractivity contribution >= 4 is 17.6 Å². The fraction of sp³-hybridized carbons (Fsp3) is 0.690. The molecule has 5 fully saturated rings. The molecule has 2 saturated carbocycles. The van der Waals surface area contributed by atoms with E-state index in [0.29, 0.717) is 11.5 Å². The molecule has 37 heavy (non-hydrogen) atoms. The van der Waals surface area contributed by atoms with Gasteiger partial charge in [0.1, 0.15) is 31.0 Å². The molecular formula is C29H38FN3O4. The van der Waals surface area contributed by atoms with E-state index in [1.165, 1.54) is 29.7 Å². The highest BCUT2D eigenvalue weighted by Gasteiger charge is 2.54. The highest BCUT2D eigenvalue weighted by atomic mass is 19.1. The van der Waals surface area contributed by atoms with E-state index in [9.17, 15) is 18.8 Å². The number of nitrogens with one attached hydrogen (secondary N) is 1. The van der Waals surface area contributed by atoms with E-state index in [-0.39, 0.29) is 36.7 Å². The number of fused-ring (bicyclic) bond motifs is 1. The first-order chi connectivity index (χ1) is 18.0. The van der Waals surface area contributed by atoms with Crippen LogP contribution in [0.25, 0.3) is 0 Å². The molecule has 7 nitrogen and oxygen atoms in total. The average molecular weight is 512 g/mol. The molecule has 0 bridgehead atoms. The number of hydrogen-bond acceptors (Lipinski definition) is 5. The van der Waals surface area contributed by atoms with Crippen LogP contribution < -0.4 is 5.32 Å². The molecule has 1 N–H and O–H groups in total. The highest BCUT2D eigenvalue weighted by Crippen LogP contribution is 2.35. The van der Waals surface area contributed by atoms with Crippen LogP contribution in [0.4, 0.5) is 4.39 Å². The molecule has 2 amide bonds. The molecule has 3 heterocycles. The Labute approximate surface area is 218 Å². The predicted octanol–water partition coefficient (Wildman–Crippen LogP) is 3.22. The third kappa shape index (κ3) is 4.83. The maximum absolute atomic E-state index is 14.5. The molecule has 0 unspecified atom stereocenters. The fourth-order valence-electron chi connectivity index (χ4n) is 7.16. The Kier molecular flexibility index (Phi) is 7.05. The zero-order valence-corrected chi connectivity index (χ0v) is 21.4. The lowest BCUT2D eigenvalue weighted by Gasteiger charge is -2.42. The molecule has 1 aromatic carbocycles. The molecular weight excluding hydrogens is 473 g/mol. The highest BCUT2D eigenvalue weighted by molar-refractivity contribution is 5.99. The van der Waals surface area contributed by atoms with Crippen LogP contribution in [-0.2, 0) is 14.3 Å². The summed E-state index contributed by atoms with van der Waals surface area (Å²) in [5.74, 6) is -0.401. The van der Waals surface area contributed by atoms with E-state index in [2.05, 4.69) is 22.3 Å². The van der Waals surface area contributed by atoms with Gasteiger partial charge in [-0.15, -0.1) is 0 Å². The van der Waals surface area contributed by atoms with Gasteiger partial charge >= 0.3 is 0 Å². The minimum atomic E-state index is -1.38. The predicted molar refractivity (Wildman–Crippen MR) is 136 cm³/mol. The number of nitrogens with zero attached hydrogens (tertiary/aromatic N) is 2. The third-order valence-corrected chi connectivity index (χ3v) is 9.59. The number of rotatable bonds is 6. The van der Waals surface area contributed by atoms with Crippen LogP contribution in [0, 0.1) is 5.92 Å². The number of ketones is 1. The molecule has 1 aromatic rings. The van der Waals surface area contributed by atoms with Gasteiger partial charge in [0.25, 0.3) is 5.91 Å². The Balaban J connectivity index is 1.12. The number of ether oxygens (including phenoxy) is 1. The van der Waals surface area contributed by atoms with Crippen molar-refractivity contribution in [2.75, 3.05) is 26.2 Å². The lowest BCUT2D eigenvalue weighted by Crippen LogP contribution is -2.54. The molecule has 8 heteroatoms. The van der Waals surface area contributed by atoms with Crippen LogP contribution in [-0.4, -0.2) is 84.0 Å². The number of hydrogen-bond donors (Lipinski definition) is 1. The van der Waals surface area contributed by atoms with Crippen LogP contribution in [0.3, 0.4) is 0 Å². The number of Topliss-reactive ketones (excluding diaryl/α,β-unsaturated/α-hetero) is 1. The number of carbonyl (C=O) groups is 3. The summed E-state index contributed by atoms with van der Waals surface area (Å²) < 4.78 is 19.9. The average Bonchev–Trinajstić information content (AvgIpc) is 3.62. The quantitative estimate of drug-likeness (QED) is 0.635. The number of amides is 2. The number of piperidine rings is 1. The zero-order chi connectivity index (χ0) is 25.5. The lowest BCUT2D eigenvalue weighted by atomic mass is 9.85. The number of halogens is 1. The van der Waals surface area contributed by atoms with Gasteiger partial charge in [0.15, 0.2) is 5.78 Å². The van der Waals surface area contributed by atoms with Gasteiger partial charge in [-0.1, -0.05) is 31.4 Å². The van der Waals surface area contributed by atoms with Gasteiger partial charge in [0, 0.05) is 11.6 Å². The molecule has 3 saturated heterocycles. The molecule has 0 radical (unpaired) electrons. The SMILES string of the molecule is O=C(N[C@H](C(=O)N1C[C@H](F)[C@H]2OCC(=O)[C@H]21)C1CCCC1)c1ccc(C2CCN(C3CCC3)CC2)cc1. The van der Waals surface area contributed by atoms with Crippen molar-refractivity contribution in [3.63, 3.8) is 0 Å². The second kappa shape index (κ2) is 10.4. The summed E-state index contributed by atoms with van der Waals surface area (Å²) in [6.45, 7) is 1.97. The van der Waals surface area contributed by atoms with Gasteiger partial charge in [-0.2, -0.15) is 0 Å². The Bertz CT molecular complexity index is 1010. The topological polar surface area (TPSA) is 79.0 Å². The first kappa shape index (κ1) is 25.0. The van der Waals surface area contributed by atoms with E-state index < -0.39 is 24.4 Å². The standard InChI is InChI=1S/C29H38FN3O4/c30-23-16-33(26-24(34)17-37-27(23)26)29(36)25(20-4-1-2-5-20)31-28(35)21-10-8-18(9-11-21)19-12-14-32(15-13-19)22-6-3-7-22/h8-11,19-20,22-23,25-27H,1-7,12-17H2,(H,31,35)/t23-,25-,26+,27+/m0/s1. The fourth-order valence-corrected chi connectivity index (χ4v) is 7.16. The summed E-state index contributed by atoms with van der Waals surface area (Å²) in [4.78, 5) is 43.2. The Morgan fingerprint density at radius 1 is 0.973 bits per heavy atom. The molecule has 3 aliphatic heterocycles. The van der Waals surface area contributed by atoms with E-state index in [4.69, 9.17) is 4.74 Å². The van der Waals surface area contributed by atoms with Gasteiger partial charge in [-0.25, -0.2) is 4.39 Å². The van der Waals surface area contributed by atoms with Crippen molar-refractivity contribution in [2.24, 2.45) is 5.92 Å². The number of carbonyl (C=O) groups excluding carboxylic acids is 3. The summed E-state index contributed by atoms with van der Waals surface area (Å²) in [5.41, 5.74) is 1.79. The van der Waals surface area contributed by atoms with E-state index in [1.807, 2.05) is 12.1 Å². The number of alkyl halides is 1. The third-order valence-electron chi connectivity index (χ3n) is 9.59. The number of likely N-dealkylation sites (tertiary alicyclic amines) is 2. The van der Waals surface area contributed by atoms with Crippen molar-refractivity contribution in [2.45, 2.75) is 94.1 Å².